The van der Waals surface area contributed by atoms with E-state index in [1.54, 1.807) is 12.5 Å². The molecule has 4 nitrogen and oxygen atoms in total. The summed E-state index contributed by atoms with van der Waals surface area (Å²) in [4.78, 5) is 0. The maximum atomic E-state index is 10.8. The summed E-state index contributed by atoms with van der Waals surface area (Å²) in [6.07, 6.45) is 4.49. The van der Waals surface area contributed by atoms with Crippen molar-refractivity contribution in [1.29, 1.82) is 0 Å². The van der Waals surface area contributed by atoms with E-state index in [2.05, 4.69) is 17.3 Å². The van der Waals surface area contributed by atoms with E-state index in [1.165, 1.54) is 5.69 Å². The van der Waals surface area contributed by atoms with Crippen molar-refractivity contribution in [3.05, 3.63) is 18.0 Å². The Morgan fingerprint density at radius 3 is 2.93 bits per heavy atom. The molecule has 0 aliphatic rings. The van der Waals surface area contributed by atoms with Gasteiger partial charge in [0.2, 0.25) is 0 Å². The summed E-state index contributed by atoms with van der Waals surface area (Å²) in [5, 5.41) is 7.51. The summed E-state index contributed by atoms with van der Waals surface area (Å²) in [7, 11) is 1.26. The summed E-state index contributed by atoms with van der Waals surface area (Å²) in [5.74, 6) is 0.769. The second kappa shape index (κ2) is 6.02. The standard InChI is InChI=1S/C10H19N3OS/c1-9(10-5-7-12-13(10)2)11-6-4-8-15(3)14/h5,7,9,11H,4,6,8H2,1-3H3. The molecule has 1 aromatic heterocycles. The third-order valence-corrected chi connectivity index (χ3v) is 3.23. The van der Waals surface area contributed by atoms with Crippen LogP contribution in [0, 0.1) is 0 Å². The lowest BCUT2D eigenvalue weighted by Gasteiger charge is -2.13. The van der Waals surface area contributed by atoms with Crippen LogP contribution in [0.4, 0.5) is 0 Å². The topological polar surface area (TPSA) is 46.9 Å². The zero-order valence-electron chi connectivity index (χ0n) is 9.56. The summed E-state index contributed by atoms with van der Waals surface area (Å²) in [6.45, 7) is 3.01. The Morgan fingerprint density at radius 1 is 1.67 bits per heavy atom. The highest BCUT2D eigenvalue weighted by atomic mass is 32.2. The zero-order chi connectivity index (χ0) is 11.3. The first-order valence-electron chi connectivity index (χ1n) is 5.12. The van der Waals surface area contributed by atoms with Gasteiger partial charge in [0.15, 0.2) is 0 Å². The molecule has 15 heavy (non-hydrogen) atoms. The highest BCUT2D eigenvalue weighted by Crippen LogP contribution is 2.09. The Balaban J connectivity index is 2.28. The van der Waals surface area contributed by atoms with Gasteiger partial charge in [0.1, 0.15) is 0 Å². The minimum absolute atomic E-state index is 0.294. The molecular formula is C10H19N3OS. The number of aromatic nitrogens is 2. The Hall–Kier alpha value is -0.680. The van der Waals surface area contributed by atoms with Gasteiger partial charge in [0, 0.05) is 42.1 Å². The van der Waals surface area contributed by atoms with Crippen molar-refractivity contribution in [2.75, 3.05) is 18.6 Å². The lowest BCUT2D eigenvalue weighted by atomic mass is 10.2. The normalized spacial score (nSPS) is 15.1. The second-order valence-corrected chi connectivity index (χ2v) is 5.24. The molecular weight excluding hydrogens is 210 g/mol. The molecule has 5 heteroatoms. The molecule has 0 radical (unpaired) electrons. The van der Waals surface area contributed by atoms with E-state index in [1.807, 2.05) is 17.8 Å². The van der Waals surface area contributed by atoms with Gasteiger partial charge in [-0.15, -0.1) is 0 Å². The molecule has 2 atom stereocenters. The average molecular weight is 229 g/mol. The average Bonchev–Trinajstić information content (AvgIpc) is 2.58. The van der Waals surface area contributed by atoms with Gasteiger partial charge in [-0.05, 0) is 26.0 Å². The lowest BCUT2D eigenvalue weighted by Crippen LogP contribution is -2.23. The monoisotopic (exact) mass is 229 g/mol. The Kier molecular flexibility index (Phi) is 4.98. The molecule has 0 amide bonds. The molecule has 2 unspecified atom stereocenters. The van der Waals surface area contributed by atoms with E-state index in [4.69, 9.17) is 0 Å². The van der Waals surface area contributed by atoms with E-state index >= 15 is 0 Å². The molecule has 1 rings (SSSR count). The van der Waals surface area contributed by atoms with Gasteiger partial charge < -0.3 is 5.32 Å². The second-order valence-electron chi connectivity index (χ2n) is 3.69. The summed E-state index contributed by atoms with van der Waals surface area (Å²) in [5.41, 5.74) is 1.17. The fourth-order valence-electron chi connectivity index (χ4n) is 1.51. The van der Waals surface area contributed by atoms with Gasteiger partial charge in [0.05, 0.1) is 5.69 Å². The predicted octanol–water partition coefficient (Wildman–Crippen LogP) is 0.839. The van der Waals surface area contributed by atoms with Crippen LogP contribution in [0.15, 0.2) is 12.3 Å². The van der Waals surface area contributed by atoms with E-state index in [-0.39, 0.29) is 0 Å². The van der Waals surface area contributed by atoms with E-state index in [9.17, 15) is 4.21 Å². The number of hydrogen-bond donors (Lipinski definition) is 1. The first-order chi connectivity index (χ1) is 7.11. The fraction of sp³-hybridized carbons (Fsp3) is 0.700. The largest absolute Gasteiger partial charge is 0.309 e. The molecule has 0 fully saturated rings. The minimum atomic E-state index is -0.679. The minimum Gasteiger partial charge on any atom is -0.309 e. The van der Waals surface area contributed by atoms with Gasteiger partial charge in [-0.3, -0.25) is 8.89 Å². The number of hydrogen-bond acceptors (Lipinski definition) is 3. The lowest BCUT2D eigenvalue weighted by molar-refractivity contribution is 0.529. The Morgan fingerprint density at radius 2 is 2.40 bits per heavy atom. The van der Waals surface area contributed by atoms with Crippen molar-refractivity contribution in [2.45, 2.75) is 19.4 Å². The molecule has 86 valence electrons. The molecule has 0 saturated carbocycles. The van der Waals surface area contributed by atoms with Gasteiger partial charge in [-0.25, -0.2) is 0 Å². The van der Waals surface area contributed by atoms with Crippen molar-refractivity contribution in [1.82, 2.24) is 15.1 Å². The van der Waals surface area contributed by atoms with Crippen LogP contribution in [0.25, 0.3) is 0 Å². The van der Waals surface area contributed by atoms with Gasteiger partial charge in [0.25, 0.3) is 0 Å². The first-order valence-corrected chi connectivity index (χ1v) is 6.85. The maximum absolute atomic E-state index is 10.8. The van der Waals surface area contributed by atoms with Crippen LogP contribution in [0.5, 0.6) is 0 Å². The molecule has 0 bridgehead atoms. The number of rotatable bonds is 6. The van der Waals surface area contributed by atoms with E-state index in [0.29, 0.717) is 6.04 Å². The van der Waals surface area contributed by atoms with Crippen LogP contribution in [-0.4, -0.2) is 32.5 Å². The number of nitrogens with one attached hydrogen (secondary N) is 1. The third kappa shape index (κ3) is 4.13. The molecule has 0 spiro atoms. The molecule has 0 aliphatic carbocycles. The Bertz CT molecular complexity index is 324. The molecule has 1 N–H and O–H groups in total. The smallest absolute Gasteiger partial charge is 0.0547 e. The predicted molar refractivity (Wildman–Crippen MR) is 63.2 cm³/mol. The molecule has 0 aliphatic heterocycles. The van der Waals surface area contributed by atoms with Crippen molar-refractivity contribution in [3.63, 3.8) is 0 Å². The highest BCUT2D eigenvalue weighted by molar-refractivity contribution is 7.84. The van der Waals surface area contributed by atoms with E-state index < -0.39 is 10.8 Å². The molecule has 1 aromatic rings. The molecule has 0 aromatic carbocycles. The van der Waals surface area contributed by atoms with E-state index in [0.717, 1.165) is 18.7 Å². The molecule has 1 heterocycles. The summed E-state index contributed by atoms with van der Waals surface area (Å²) in [6, 6.07) is 2.30. The van der Waals surface area contributed by atoms with Crippen LogP contribution < -0.4 is 5.32 Å². The summed E-state index contributed by atoms with van der Waals surface area (Å²) >= 11 is 0. The van der Waals surface area contributed by atoms with Crippen LogP contribution in [0.3, 0.4) is 0 Å². The number of aryl methyl sites for hydroxylation is 1. The fourth-order valence-corrected chi connectivity index (χ4v) is 2.06. The number of nitrogens with zero attached hydrogens (tertiary/aromatic N) is 2. The Labute approximate surface area is 93.5 Å². The maximum Gasteiger partial charge on any atom is 0.0547 e. The molecule has 0 saturated heterocycles. The zero-order valence-corrected chi connectivity index (χ0v) is 10.4. The highest BCUT2D eigenvalue weighted by Gasteiger charge is 2.07. The first kappa shape index (κ1) is 12.4. The van der Waals surface area contributed by atoms with Crippen molar-refractivity contribution >= 4 is 10.8 Å². The van der Waals surface area contributed by atoms with Crippen molar-refractivity contribution < 1.29 is 4.21 Å². The van der Waals surface area contributed by atoms with Crippen LogP contribution in [0.1, 0.15) is 25.1 Å². The SMILES string of the molecule is CC(NCCCS(C)=O)c1ccnn1C. The summed E-state index contributed by atoms with van der Waals surface area (Å²) < 4.78 is 12.7. The van der Waals surface area contributed by atoms with Crippen LogP contribution in [0.2, 0.25) is 0 Å². The quantitative estimate of drug-likeness (QED) is 0.735. The van der Waals surface area contributed by atoms with Crippen molar-refractivity contribution in [3.8, 4) is 0 Å². The van der Waals surface area contributed by atoms with Gasteiger partial charge in [-0.2, -0.15) is 5.10 Å². The van der Waals surface area contributed by atoms with Gasteiger partial charge >= 0.3 is 0 Å². The van der Waals surface area contributed by atoms with Crippen LogP contribution in [-0.2, 0) is 17.8 Å². The van der Waals surface area contributed by atoms with Crippen molar-refractivity contribution in [2.24, 2.45) is 7.05 Å². The van der Waals surface area contributed by atoms with Gasteiger partial charge in [-0.1, -0.05) is 0 Å². The third-order valence-electron chi connectivity index (χ3n) is 2.36. The van der Waals surface area contributed by atoms with Crippen LogP contribution >= 0.6 is 0 Å².